The summed E-state index contributed by atoms with van der Waals surface area (Å²) in [6.45, 7) is 7.51. The molecule has 1 aromatic carbocycles. The standard InChI is InChI=1S/C15H24N2O3/c1-5-20-9-14(10(2)3)17-11-6-7-13(16)12(8-11)15(18)19-4/h6-8,10,14,17H,5,9,16H2,1-4H3. The number of nitrogen functional groups attached to an aromatic ring is 1. The Morgan fingerprint density at radius 1 is 1.40 bits per heavy atom. The highest BCUT2D eigenvalue weighted by atomic mass is 16.5. The van der Waals surface area contributed by atoms with Crippen molar-refractivity contribution in [3.63, 3.8) is 0 Å². The van der Waals surface area contributed by atoms with Gasteiger partial charge in [0, 0.05) is 18.0 Å². The Morgan fingerprint density at radius 2 is 2.10 bits per heavy atom. The summed E-state index contributed by atoms with van der Waals surface area (Å²) < 4.78 is 10.2. The molecule has 1 rings (SSSR count). The molecule has 0 heterocycles. The second-order valence-electron chi connectivity index (χ2n) is 4.95. The summed E-state index contributed by atoms with van der Waals surface area (Å²) in [7, 11) is 1.34. The van der Waals surface area contributed by atoms with Gasteiger partial charge in [-0.15, -0.1) is 0 Å². The average Bonchev–Trinajstić information content (AvgIpc) is 2.43. The topological polar surface area (TPSA) is 73.6 Å². The highest BCUT2D eigenvalue weighted by molar-refractivity contribution is 5.96. The van der Waals surface area contributed by atoms with Gasteiger partial charge in [0.05, 0.1) is 25.3 Å². The molecule has 1 aromatic rings. The fourth-order valence-corrected chi connectivity index (χ4v) is 1.79. The maximum absolute atomic E-state index is 11.6. The van der Waals surface area contributed by atoms with E-state index in [0.717, 1.165) is 5.69 Å². The molecular formula is C15H24N2O3. The van der Waals surface area contributed by atoms with E-state index in [4.69, 9.17) is 15.2 Å². The van der Waals surface area contributed by atoms with Crippen molar-refractivity contribution < 1.29 is 14.3 Å². The Morgan fingerprint density at radius 3 is 2.65 bits per heavy atom. The van der Waals surface area contributed by atoms with Crippen LogP contribution in [0.2, 0.25) is 0 Å². The van der Waals surface area contributed by atoms with E-state index in [0.29, 0.717) is 30.4 Å². The van der Waals surface area contributed by atoms with Crippen LogP contribution in [0.15, 0.2) is 18.2 Å². The molecule has 0 saturated carbocycles. The zero-order chi connectivity index (χ0) is 15.1. The monoisotopic (exact) mass is 280 g/mol. The minimum Gasteiger partial charge on any atom is -0.465 e. The van der Waals surface area contributed by atoms with Gasteiger partial charge in [0.1, 0.15) is 0 Å². The number of nitrogens with one attached hydrogen (secondary N) is 1. The molecule has 0 aliphatic carbocycles. The predicted octanol–water partition coefficient (Wildman–Crippen LogP) is 2.53. The fraction of sp³-hybridized carbons (Fsp3) is 0.533. The second kappa shape index (κ2) is 7.75. The van der Waals surface area contributed by atoms with Crippen molar-refractivity contribution in [3.05, 3.63) is 23.8 Å². The lowest BCUT2D eigenvalue weighted by molar-refractivity contribution is 0.0602. The Hall–Kier alpha value is -1.75. The lowest BCUT2D eigenvalue weighted by atomic mass is 10.0. The highest BCUT2D eigenvalue weighted by Crippen LogP contribution is 2.20. The fourth-order valence-electron chi connectivity index (χ4n) is 1.79. The largest absolute Gasteiger partial charge is 0.465 e. The van der Waals surface area contributed by atoms with Crippen molar-refractivity contribution in [2.45, 2.75) is 26.8 Å². The smallest absolute Gasteiger partial charge is 0.340 e. The number of esters is 1. The van der Waals surface area contributed by atoms with E-state index in [2.05, 4.69) is 19.2 Å². The van der Waals surface area contributed by atoms with Crippen LogP contribution < -0.4 is 11.1 Å². The van der Waals surface area contributed by atoms with Gasteiger partial charge >= 0.3 is 5.97 Å². The molecule has 1 atom stereocenters. The highest BCUT2D eigenvalue weighted by Gasteiger charge is 2.15. The van der Waals surface area contributed by atoms with Crippen LogP contribution in [0.5, 0.6) is 0 Å². The molecule has 0 fully saturated rings. The number of benzene rings is 1. The molecule has 0 aliphatic heterocycles. The molecule has 0 bridgehead atoms. The zero-order valence-electron chi connectivity index (χ0n) is 12.6. The van der Waals surface area contributed by atoms with Gasteiger partial charge in [0.2, 0.25) is 0 Å². The summed E-state index contributed by atoms with van der Waals surface area (Å²) in [4.78, 5) is 11.6. The van der Waals surface area contributed by atoms with Gasteiger partial charge in [-0.1, -0.05) is 13.8 Å². The first kappa shape index (κ1) is 16.3. The quantitative estimate of drug-likeness (QED) is 0.593. The summed E-state index contributed by atoms with van der Waals surface area (Å²) in [6.07, 6.45) is 0. The lowest BCUT2D eigenvalue weighted by Gasteiger charge is -2.23. The Kier molecular flexibility index (Phi) is 6.31. The molecule has 0 aliphatic rings. The van der Waals surface area contributed by atoms with Gasteiger partial charge in [-0.3, -0.25) is 0 Å². The number of rotatable bonds is 7. The minimum absolute atomic E-state index is 0.170. The molecule has 0 aromatic heterocycles. The number of ether oxygens (including phenoxy) is 2. The molecule has 3 N–H and O–H groups in total. The van der Waals surface area contributed by atoms with E-state index in [1.807, 2.05) is 13.0 Å². The van der Waals surface area contributed by atoms with Crippen LogP contribution in [-0.2, 0) is 9.47 Å². The van der Waals surface area contributed by atoms with E-state index < -0.39 is 5.97 Å². The molecular weight excluding hydrogens is 256 g/mol. The van der Waals surface area contributed by atoms with Crippen LogP contribution in [0, 0.1) is 5.92 Å². The van der Waals surface area contributed by atoms with E-state index in [-0.39, 0.29) is 6.04 Å². The van der Waals surface area contributed by atoms with Gasteiger partial charge < -0.3 is 20.5 Å². The van der Waals surface area contributed by atoms with Gasteiger partial charge in [-0.25, -0.2) is 4.79 Å². The molecule has 1 unspecified atom stereocenters. The molecule has 112 valence electrons. The summed E-state index contributed by atoms with van der Waals surface area (Å²) in [5.74, 6) is -0.0299. The summed E-state index contributed by atoms with van der Waals surface area (Å²) in [5.41, 5.74) is 7.40. The molecule has 5 nitrogen and oxygen atoms in total. The van der Waals surface area contributed by atoms with Gasteiger partial charge in [0.15, 0.2) is 0 Å². The first-order chi connectivity index (χ1) is 9.49. The summed E-state index contributed by atoms with van der Waals surface area (Å²) in [6, 6.07) is 5.43. The summed E-state index contributed by atoms with van der Waals surface area (Å²) >= 11 is 0. The third kappa shape index (κ3) is 4.42. The first-order valence-electron chi connectivity index (χ1n) is 6.81. The van der Waals surface area contributed by atoms with Crippen LogP contribution >= 0.6 is 0 Å². The molecule has 0 radical (unpaired) electrons. The number of anilines is 2. The van der Waals surface area contributed by atoms with E-state index in [1.54, 1.807) is 12.1 Å². The van der Waals surface area contributed by atoms with Gasteiger partial charge in [-0.05, 0) is 31.0 Å². The number of hydrogen-bond acceptors (Lipinski definition) is 5. The Bertz CT molecular complexity index is 447. The van der Waals surface area contributed by atoms with E-state index >= 15 is 0 Å². The normalized spacial score (nSPS) is 12.2. The molecule has 20 heavy (non-hydrogen) atoms. The van der Waals surface area contributed by atoms with Crippen molar-refractivity contribution in [2.24, 2.45) is 5.92 Å². The van der Waals surface area contributed by atoms with Crippen molar-refractivity contribution in [1.82, 2.24) is 0 Å². The number of hydrogen-bond donors (Lipinski definition) is 2. The van der Waals surface area contributed by atoms with Crippen molar-refractivity contribution in [1.29, 1.82) is 0 Å². The van der Waals surface area contributed by atoms with E-state index in [9.17, 15) is 4.79 Å². The third-order valence-electron chi connectivity index (χ3n) is 3.12. The van der Waals surface area contributed by atoms with Crippen molar-refractivity contribution >= 4 is 17.3 Å². The Labute approximate surface area is 120 Å². The maximum atomic E-state index is 11.6. The number of nitrogens with two attached hydrogens (primary N) is 1. The van der Waals surface area contributed by atoms with Crippen LogP contribution in [0.25, 0.3) is 0 Å². The molecule has 0 saturated heterocycles. The lowest BCUT2D eigenvalue weighted by Crippen LogP contribution is -2.31. The second-order valence-corrected chi connectivity index (χ2v) is 4.95. The van der Waals surface area contributed by atoms with Gasteiger partial charge in [0.25, 0.3) is 0 Å². The third-order valence-corrected chi connectivity index (χ3v) is 3.12. The molecule has 0 amide bonds. The number of carbonyl (C=O) groups excluding carboxylic acids is 1. The van der Waals surface area contributed by atoms with Crippen LogP contribution in [0.1, 0.15) is 31.1 Å². The van der Waals surface area contributed by atoms with Crippen LogP contribution in [-0.4, -0.2) is 32.3 Å². The van der Waals surface area contributed by atoms with Crippen molar-refractivity contribution in [2.75, 3.05) is 31.4 Å². The maximum Gasteiger partial charge on any atom is 0.340 e. The Balaban J connectivity index is 2.87. The minimum atomic E-state index is -0.433. The van der Waals surface area contributed by atoms with E-state index in [1.165, 1.54) is 7.11 Å². The molecule has 0 spiro atoms. The molecule has 5 heteroatoms. The van der Waals surface area contributed by atoms with Crippen LogP contribution in [0.3, 0.4) is 0 Å². The van der Waals surface area contributed by atoms with Crippen molar-refractivity contribution in [3.8, 4) is 0 Å². The zero-order valence-corrected chi connectivity index (χ0v) is 12.6. The van der Waals surface area contributed by atoms with Crippen LogP contribution in [0.4, 0.5) is 11.4 Å². The number of carbonyl (C=O) groups is 1. The summed E-state index contributed by atoms with van der Waals surface area (Å²) in [5, 5.41) is 3.37. The van der Waals surface area contributed by atoms with Gasteiger partial charge in [-0.2, -0.15) is 0 Å². The number of methoxy groups -OCH3 is 1. The predicted molar refractivity (Wildman–Crippen MR) is 80.9 cm³/mol. The average molecular weight is 280 g/mol. The SMILES string of the molecule is CCOCC(Nc1ccc(N)c(C(=O)OC)c1)C(C)C. The first-order valence-corrected chi connectivity index (χ1v) is 6.81.